The molecule has 0 unspecified atom stereocenters. The SMILES string of the molecule is Cc1ccc(C)c(CC2(C(=O)O)CCC(C)CC2)c1. The second-order valence-corrected chi connectivity index (χ2v) is 6.37. The van der Waals surface area contributed by atoms with E-state index in [0.717, 1.165) is 25.7 Å². The van der Waals surface area contributed by atoms with Gasteiger partial charge in [-0.3, -0.25) is 4.79 Å². The van der Waals surface area contributed by atoms with E-state index in [-0.39, 0.29) is 0 Å². The van der Waals surface area contributed by atoms with Crippen molar-refractivity contribution >= 4 is 5.97 Å². The Kier molecular flexibility index (Phi) is 3.98. The summed E-state index contributed by atoms with van der Waals surface area (Å²) in [6.07, 6.45) is 4.39. The summed E-state index contributed by atoms with van der Waals surface area (Å²) in [7, 11) is 0. The summed E-state index contributed by atoms with van der Waals surface area (Å²) in [5.41, 5.74) is 3.09. The fraction of sp³-hybridized carbons (Fsp3) is 0.588. The highest BCUT2D eigenvalue weighted by Gasteiger charge is 2.41. The summed E-state index contributed by atoms with van der Waals surface area (Å²) >= 11 is 0. The number of benzene rings is 1. The minimum atomic E-state index is -0.611. The predicted molar refractivity (Wildman–Crippen MR) is 77.3 cm³/mol. The van der Waals surface area contributed by atoms with E-state index in [1.807, 2.05) is 0 Å². The molecule has 104 valence electrons. The van der Waals surface area contributed by atoms with Crippen molar-refractivity contribution < 1.29 is 9.90 Å². The second kappa shape index (κ2) is 5.36. The summed E-state index contributed by atoms with van der Waals surface area (Å²) in [5.74, 6) is 0.0615. The van der Waals surface area contributed by atoms with Crippen LogP contribution in [0.25, 0.3) is 0 Å². The predicted octanol–water partition coefficient (Wildman–Crippen LogP) is 4.13. The maximum Gasteiger partial charge on any atom is 0.309 e. The zero-order valence-corrected chi connectivity index (χ0v) is 12.2. The quantitative estimate of drug-likeness (QED) is 0.887. The molecule has 19 heavy (non-hydrogen) atoms. The molecule has 0 spiro atoms. The first kappa shape index (κ1) is 14.1. The molecule has 0 atom stereocenters. The molecule has 0 saturated heterocycles. The first-order chi connectivity index (χ1) is 8.93. The third-order valence-corrected chi connectivity index (χ3v) is 4.72. The Hall–Kier alpha value is -1.31. The fourth-order valence-electron chi connectivity index (χ4n) is 3.14. The number of carbonyl (C=O) groups is 1. The molecule has 2 nitrogen and oxygen atoms in total. The molecule has 0 bridgehead atoms. The van der Waals surface area contributed by atoms with E-state index in [2.05, 4.69) is 39.0 Å². The van der Waals surface area contributed by atoms with E-state index >= 15 is 0 Å². The Morgan fingerprint density at radius 2 is 1.95 bits per heavy atom. The van der Waals surface area contributed by atoms with Crippen LogP contribution in [0.1, 0.15) is 49.3 Å². The number of aliphatic carboxylic acids is 1. The molecule has 0 aromatic heterocycles. The van der Waals surface area contributed by atoms with Crippen LogP contribution in [-0.4, -0.2) is 11.1 Å². The van der Waals surface area contributed by atoms with Gasteiger partial charge in [-0.25, -0.2) is 0 Å². The molecule has 0 amide bonds. The Morgan fingerprint density at radius 3 is 2.53 bits per heavy atom. The van der Waals surface area contributed by atoms with Gasteiger partial charge in [0.05, 0.1) is 5.41 Å². The van der Waals surface area contributed by atoms with Gasteiger partial charge in [0.2, 0.25) is 0 Å². The number of aryl methyl sites for hydroxylation is 2. The van der Waals surface area contributed by atoms with E-state index in [0.29, 0.717) is 12.3 Å². The molecule has 1 aromatic carbocycles. The average Bonchev–Trinajstić information content (AvgIpc) is 2.36. The molecule has 1 aliphatic rings. The minimum Gasteiger partial charge on any atom is -0.481 e. The summed E-state index contributed by atoms with van der Waals surface area (Å²) in [5, 5.41) is 9.70. The van der Waals surface area contributed by atoms with Gasteiger partial charge >= 0.3 is 5.97 Å². The molecule has 1 N–H and O–H groups in total. The van der Waals surface area contributed by atoms with Gasteiger partial charge in [0.25, 0.3) is 0 Å². The lowest BCUT2D eigenvalue weighted by molar-refractivity contribution is -0.151. The molecule has 2 rings (SSSR count). The van der Waals surface area contributed by atoms with E-state index < -0.39 is 11.4 Å². The third kappa shape index (κ3) is 2.99. The summed E-state index contributed by atoms with van der Waals surface area (Å²) in [6, 6.07) is 6.35. The highest BCUT2D eigenvalue weighted by atomic mass is 16.4. The van der Waals surface area contributed by atoms with E-state index in [4.69, 9.17) is 0 Å². The lowest BCUT2D eigenvalue weighted by Gasteiger charge is -2.36. The van der Waals surface area contributed by atoms with Gasteiger partial charge in [-0.2, -0.15) is 0 Å². The topological polar surface area (TPSA) is 37.3 Å². The number of hydrogen-bond acceptors (Lipinski definition) is 1. The van der Waals surface area contributed by atoms with Crippen molar-refractivity contribution in [2.24, 2.45) is 11.3 Å². The maximum atomic E-state index is 11.8. The van der Waals surface area contributed by atoms with Crippen LogP contribution in [-0.2, 0) is 11.2 Å². The van der Waals surface area contributed by atoms with E-state index in [1.165, 1.54) is 16.7 Å². The lowest BCUT2D eigenvalue weighted by atomic mass is 9.67. The van der Waals surface area contributed by atoms with Crippen molar-refractivity contribution in [2.75, 3.05) is 0 Å². The summed E-state index contributed by atoms with van der Waals surface area (Å²) in [4.78, 5) is 11.8. The number of rotatable bonds is 3. The van der Waals surface area contributed by atoms with Gasteiger partial charge in [0.15, 0.2) is 0 Å². The Labute approximate surface area is 115 Å². The Bertz CT molecular complexity index is 468. The smallest absolute Gasteiger partial charge is 0.309 e. The van der Waals surface area contributed by atoms with Crippen LogP contribution in [0.15, 0.2) is 18.2 Å². The number of carboxylic acid groups (broad SMARTS) is 1. The first-order valence-corrected chi connectivity index (χ1v) is 7.22. The molecule has 1 fully saturated rings. The van der Waals surface area contributed by atoms with Crippen LogP contribution in [0, 0.1) is 25.2 Å². The molecular weight excluding hydrogens is 236 g/mol. The summed E-state index contributed by atoms with van der Waals surface area (Å²) < 4.78 is 0. The average molecular weight is 260 g/mol. The number of carboxylic acids is 1. The van der Waals surface area contributed by atoms with Gasteiger partial charge in [-0.15, -0.1) is 0 Å². The van der Waals surface area contributed by atoms with Crippen LogP contribution < -0.4 is 0 Å². The van der Waals surface area contributed by atoms with Crippen molar-refractivity contribution in [3.63, 3.8) is 0 Å². The highest BCUT2D eigenvalue weighted by Crippen LogP contribution is 2.42. The van der Waals surface area contributed by atoms with Crippen molar-refractivity contribution in [3.8, 4) is 0 Å². The highest BCUT2D eigenvalue weighted by molar-refractivity contribution is 5.75. The van der Waals surface area contributed by atoms with Gasteiger partial charge in [-0.1, -0.05) is 30.7 Å². The van der Waals surface area contributed by atoms with E-state index in [9.17, 15) is 9.90 Å². The standard InChI is InChI=1S/C17H24O2/c1-12-6-8-17(9-7-12,16(18)19)11-15-10-13(2)4-5-14(15)3/h4-5,10,12H,6-9,11H2,1-3H3,(H,18,19). The normalized spacial score (nSPS) is 27.2. The van der Waals surface area contributed by atoms with Crippen molar-refractivity contribution in [1.82, 2.24) is 0 Å². The fourth-order valence-corrected chi connectivity index (χ4v) is 3.14. The molecule has 2 heteroatoms. The molecule has 0 radical (unpaired) electrons. The minimum absolute atomic E-state index is 0.537. The van der Waals surface area contributed by atoms with Crippen molar-refractivity contribution in [1.29, 1.82) is 0 Å². The Balaban J connectivity index is 2.26. The second-order valence-electron chi connectivity index (χ2n) is 6.37. The van der Waals surface area contributed by atoms with Gasteiger partial charge in [0, 0.05) is 0 Å². The largest absolute Gasteiger partial charge is 0.481 e. The van der Waals surface area contributed by atoms with Gasteiger partial charge < -0.3 is 5.11 Å². The monoisotopic (exact) mass is 260 g/mol. The molecule has 0 aliphatic heterocycles. The molecule has 0 heterocycles. The van der Waals surface area contributed by atoms with Gasteiger partial charge in [0.1, 0.15) is 0 Å². The number of hydrogen-bond donors (Lipinski definition) is 1. The molecular formula is C17H24O2. The van der Waals surface area contributed by atoms with Crippen LogP contribution in [0.2, 0.25) is 0 Å². The lowest BCUT2D eigenvalue weighted by Crippen LogP contribution is -2.37. The van der Waals surface area contributed by atoms with Crippen molar-refractivity contribution in [3.05, 3.63) is 34.9 Å². The zero-order chi connectivity index (χ0) is 14.0. The maximum absolute atomic E-state index is 11.8. The van der Waals surface area contributed by atoms with Crippen LogP contribution >= 0.6 is 0 Å². The van der Waals surface area contributed by atoms with Crippen LogP contribution in [0.3, 0.4) is 0 Å². The zero-order valence-electron chi connectivity index (χ0n) is 12.2. The summed E-state index contributed by atoms with van der Waals surface area (Å²) in [6.45, 7) is 6.37. The van der Waals surface area contributed by atoms with Crippen LogP contribution in [0.4, 0.5) is 0 Å². The van der Waals surface area contributed by atoms with Crippen molar-refractivity contribution in [2.45, 2.75) is 52.9 Å². The molecule has 1 aromatic rings. The molecule has 1 saturated carbocycles. The third-order valence-electron chi connectivity index (χ3n) is 4.72. The first-order valence-electron chi connectivity index (χ1n) is 7.22. The van der Waals surface area contributed by atoms with Gasteiger partial charge in [-0.05, 0) is 63.0 Å². The molecule has 1 aliphatic carbocycles. The van der Waals surface area contributed by atoms with Crippen LogP contribution in [0.5, 0.6) is 0 Å². The van der Waals surface area contributed by atoms with E-state index in [1.54, 1.807) is 0 Å². The Morgan fingerprint density at radius 1 is 1.32 bits per heavy atom.